The number of benzene rings is 3. The number of fused-ring (bicyclic) bond motifs is 1. The summed E-state index contributed by atoms with van der Waals surface area (Å²) in [6.45, 7) is 5.07. The van der Waals surface area contributed by atoms with Gasteiger partial charge in [-0.2, -0.15) is 5.10 Å². The van der Waals surface area contributed by atoms with E-state index in [0.717, 1.165) is 47.3 Å². The summed E-state index contributed by atoms with van der Waals surface area (Å²) in [6, 6.07) is 20.7. The van der Waals surface area contributed by atoms with E-state index < -0.39 is 6.04 Å². The Morgan fingerprint density at radius 3 is 2.68 bits per heavy atom. The molecule has 6 nitrogen and oxygen atoms in total. The van der Waals surface area contributed by atoms with Crippen LogP contribution in [0, 0.1) is 6.92 Å². The van der Waals surface area contributed by atoms with Crippen molar-refractivity contribution in [2.45, 2.75) is 45.7 Å². The van der Waals surface area contributed by atoms with Crippen molar-refractivity contribution in [3.05, 3.63) is 99.7 Å². The molecule has 0 saturated heterocycles. The van der Waals surface area contributed by atoms with Gasteiger partial charge >= 0.3 is 0 Å². The van der Waals surface area contributed by atoms with Gasteiger partial charge in [0.15, 0.2) is 0 Å². The number of carbonyl (C=O) groups excluding carboxylic acids is 1. The Morgan fingerprint density at radius 1 is 1.08 bits per heavy atom. The van der Waals surface area contributed by atoms with Crippen LogP contribution in [0.15, 0.2) is 66.7 Å². The van der Waals surface area contributed by atoms with E-state index in [1.165, 1.54) is 0 Å². The molecule has 4 aromatic rings. The van der Waals surface area contributed by atoms with Crippen LogP contribution < -0.4 is 4.74 Å². The molecule has 1 unspecified atom stereocenters. The second kappa shape index (κ2) is 10.7. The summed E-state index contributed by atoms with van der Waals surface area (Å²) in [5.41, 5.74) is 4.84. The summed E-state index contributed by atoms with van der Waals surface area (Å²) >= 11 is 6.42. The van der Waals surface area contributed by atoms with E-state index in [0.29, 0.717) is 35.1 Å². The van der Waals surface area contributed by atoms with Gasteiger partial charge in [0.25, 0.3) is 5.91 Å². The van der Waals surface area contributed by atoms with Gasteiger partial charge in [-0.1, -0.05) is 73.8 Å². The number of unbranched alkanes of at least 4 members (excludes halogenated alkanes) is 2. The lowest BCUT2D eigenvalue weighted by Gasteiger charge is -2.27. The number of aryl methyl sites for hydroxylation is 1. The van der Waals surface area contributed by atoms with Gasteiger partial charge in [0.05, 0.1) is 12.6 Å². The summed E-state index contributed by atoms with van der Waals surface area (Å²) in [4.78, 5) is 15.5. The third-order valence-electron chi connectivity index (χ3n) is 6.78. The summed E-state index contributed by atoms with van der Waals surface area (Å²) in [6.07, 6.45) is 3.24. The zero-order chi connectivity index (χ0) is 25.9. The van der Waals surface area contributed by atoms with Crippen LogP contribution in [0.3, 0.4) is 0 Å². The largest absolute Gasteiger partial charge is 0.507 e. The number of rotatable bonds is 9. The summed E-state index contributed by atoms with van der Waals surface area (Å²) in [5.74, 6) is 0.687. The first-order valence-electron chi connectivity index (χ1n) is 12.6. The van der Waals surface area contributed by atoms with E-state index in [4.69, 9.17) is 16.3 Å². The number of aromatic hydroxyl groups is 1. The highest BCUT2D eigenvalue weighted by Gasteiger charge is 2.42. The van der Waals surface area contributed by atoms with Crippen molar-refractivity contribution in [2.75, 3.05) is 6.61 Å². The SMILES string of the molecule is CCCCCOc1cccc(C2c3c(-c4cc(Cl)c(C)cc4O)n[nH]c3C(=O)N2Cc2ccccc2)c1. The first-order valence-corrected chi connectivity index (χ1v) is 13.0. The number of nitrogens with zero attached hydrogens (tertiary/aromatic N) is 2. The highest BCUT2D eigenvalue weighted by molar-refractivity contribution is 6.31. The first-order chi connectivity index (χ1) is 18.0. The highest BCUT2D eigenvalue weighted by Crippen LogP contribution is 2.46. The molecule has 7 heteroatoms. The lowest BCUT2D eigenvalue weighted by Crippen LogP contribution is -2.29. The van der Waals surface area contributed by atoms with Crippen molar-refractivity contribution in [2.24, 2.45) is 0 Å². The van der Waals surface area contributed by atoms with Gasteiger partial charge in [-0.05, 0) is 54.3 Å². The van der Waals surface area contributed by atoms with E-state index in [2.05, 4.69) is 17.1 Å². The Morgan fingerprint density at radius 2 is 1.89 bits per heavy atom. The number of hydrogen-bond acceptors (Lipinski definition) is 4. The monoisotopic (exact) mass is 515 g/mol. The van der Waals surface area contributed by atoms with Gasteiger partial charge in [-0.25, -0.2) is 0 Å². The number of hydrogen-bond donors (Lipinski definition) is 2. The molecule has 1 aliphatic rings. The maximum atomic E-state index is 13.7. The van der Waals surface area contributed by atoms with E-state index >= 15 is 0 Å². The van der Waals surface area contributed by atoms with Gasteiger partial charge in [0, 0.05) is 22.7 Å². The molecular weight excluding hydrogens is 486 g/mol. The average molecular weight is 516 g/mol. The number of amides is 1. The molecule has 2 heterocycles. The Bertz CT molecular complexity index is 1420. The quantitative estimate of drug-likeness (QED) is 0.234. The predicted molar refractivity (Wildman–Crippen MR) is 145 cm³/mol. The van der Waals surface area contributed by atoms with Gasteiger partial charge < -0.3 is 14.7 Å². The number of nitrogens with one attached hydrogen (secondary N) is 1. The van der Waals surface area contributed by atoms with Crippen molar-refractivity contribution in [1.82, 2.24) is 15.1 Å². The van der Waals surface area contributed by atoms with Crippen LogP contribution in [0.5, 0.6) is 11.5 Å². The van der Waals surface area contributed by atoms with Crippen molar-refractivity contribution in [3.63, 3.8) is 0 Å². The maximum Gasteiger partial charge on any atom is 0.273 e. The lowest BCUT2D eigenvalue weighted by molar-refractivity contribution is 0.0730. The van der Waals surface area contributed by atoms with Crippen molar-refractivity contribution >= 4 is 17.5 Å². The highest BCUT2D eigenvalue weighted by atomic mass is 35.5. The second-order valence-electron chi connectivity index (χ2n) is 9.43. The van der Waals surface area contributed by atoms with Gasteiger partial charge in [0.1, 0.15) is 22.9 Å². The average Bonchev–Trinajstić information content (AvgIpc) is 3.44. The van der Waals surface area contributed by atoms with Gasteiger partial charge in [-0.15, -0.1) is 0 Å². The maximum absolute atomic E-state index is 13.7. The second-order valence-corrected chi connectivity index (χ2v) is 9.84. The van der Waals surface area contributed by atoms with Crippen LogP contribution in [0.2, 0.25) is 5.02 Å². The fourth-order valence-corrected chi connectivity index (χ4v) is 5.03. The van der Waals surface area contributed by atoms with Gasteiger partial charge in [0.2, 0.25) is 0 Å². The Labute approximate surface area is 221 Å². The van der Waals surface area contributed by atoms with Gasteiger partial charge in [-0.3, -0.25) is 9.89 Å². The number of phenolic OH excluding ortho intramolecular Hbond substituents is 1. The smallest absolute Gasteiger partial charge is 0.273 e. The number of phenols is 1. The first kappa shape index (κ1) is 24.9. The number of aromatic nitrogens is 2. The Balaban J connectivity index is 1.59. The molecule has 3 aromatic carbocycles. The molecule has 0 fully saturated rings. The van der Waals surface area contributed by atoms with Crippen LogP contribution >= 0.6 is 11.6 Å². The molecule has 1 atom stereocenters. The van der Waals surface area contributed by atoms with Crippen molar-refractivity contribution in [1.29, 1.82) is 0 Å². The van der Waals surface area contributed by atoms with Crippen LogP contribution in [0.4, 0.5) is 0 Å². The number of carbonyl (C=O) groups is 1. The molecule has 0 spiro atoms. The molecule has 0 bridgehead atoms. The van der Waals surface area contributed by atoms with E-state index in [9.17, 15) is 9.90 Å². The molecule has 0 aliphatic carbocycles. The van der Waals surface area contributed by atoms with E-state index in [-0.39, 0.29) is 11.7 Å². The Kier molecular flexibility index (Phi) is 7.19. The molecule has 1 amide bonds. The van der Waals surface area contributed by atoms with Crippen LogP contribution in [-0.4, -0.2) is 32.7 Å². The minimum absolute atomic E-state index is 0.0666. The molecule has 1 aliphatic heterocycles. The molecule has 0 saturated carbocycles. The number of ether oxygens (including phenoxy) is 1. The number of halogens is 1. The Hall–Kier alpha value is -3.77. The topological polar surface area (TPSA) is 78.5 Å². The number of aromatic amines is 1. The fraction of sp³-hybridized carbons (Fsp3) is 0.267. The standard InChI is InChI=1S/C30H30ClN3O3/c1-3-4-8-14-37-22-13-9-12-21(16-22)29-26-27(23-17-24(31)19(2)15-25(23)35)32-33-28(26)30(36)34(29)18-20-10-6-5-7-11-20/h5-7,9-13,15-17,29,35H,3-4,8,14,18H2,1-2H3,(H,32,33). The summed E-state index contributed by atoms with van der Waals surface area (Å²) in [7, 11) is 0. The fourth-order valence-electron chi connectivity index (χ4n) is 4.86. The predicted octanol–water partition coefficient (Wildman–Crippen LogP) is 7.06. The normalized spacial score (nSPS) is 14.7. The summed E-state index contributed by atoms with van der Waals surface area (Å²) in [5, 5.41) is 18.7. The van der Waals surface area contributed by atoms with Crippen molar-refractivity contribution < 1.29 is 14.6 Å². The molecular formula is C30H30ClN3O3. The van der Waals surface area contributed by atoms with Crippen LogP contribution in [0.1, 0.15) is 65.0 Å². The third-order valence-corrected chi connectivity index (χ3v) is 7.19. The summed E-state index contributed by atoms with van der Waals surface area (Å²) < 4.78 is 6.04. The molecule has 37 heavy (non-hydrogen) atoms. The third kappa shape index (κ3) is 4.94. The molecule has 0 radical (unpaired) electrons. The molecule has 2 N–H and O–H groups in total. The molecule has 1 aromatic heterocycles. The van der Waals surface area contributed by atoms with E-state index in [1.807, 2.05) is 66.4 Å². The van der Waals surface area contributed by atoms with Crippen molar-refractivity contribution in [3.8, 4) is 22.8 Å². The molecule has 5 rings (SSSR count). The van der Waals surface area contributed by atoms with E-state index in [1.54, 1.807) is 12.1 Å². The van der Waals surface area contributed by atoms with Crippen LogP contribution in [0.25, 0.3) is 11.3 Å². The zero-order valence-electron chi connectivity index (χ0n) is 21.0. The van der Waals surface area contributed by atoms with Crippen LogP contribution in [-0.2, 0) is 6.54 Å². The minimum Gasteiger partial charge on any atom is -0.507 e. The minimum atomic E-state index is -0.421. The molecule has 190 valence electrons. The zero-order valence-corrected chi connectivity index (χ0v) is 21.8. The number of H-pyrrole nitrogens is 1. The lowest BCUT2D eigenvalue weighted by atomic mass is 9.95.